The monoisotopic (exact) mass is 225 g/mol. The molecule has 0 bridgehead atoms. The molecule has 92 valence electrons. The summed E-state index contributed by atoms with van der Waals surface area (Å²) in [6.07, 6.45) is 3.28. The van der Waals surface area contributed by atoms with Gasteiger partial charge in [-0.05, 0) is 45.3 Å². The number of carbonyl (C=O) groups excluding carboxylic acids is 1. The quantitative estimate of drug-likeness (QED) is 0.747. The maximum absolute atomic E-state index is 11.8. The zero-order valence-electron chi connectivity index (χ0n) is 10.2. The fourth-order valence-electron chi connectivity index (χ4n) is 2.83. The Labute approximate surface area is 97.8 Å². The summed E-state index contributed by atoms with van der Waals surface area (Å²) < 4.78 is 0. The van der Waals surface area contributed by atoms with Gasteiger partial charge in [-0.2, -0.15) is 0 Å². The van der Waals surface area contributed by atoms with Gasteiger partial charge in [-0.15, -0.1) is 0 Å². The van der Waals surface area contributed by atoms with E-state index in [1.807, 2.05) is 4.90 Å². The minimum atomic E-state index is 0.294. The molecule has 2 aliphatic heterocycles. The second-order valence-electron chi connectivity index (χ2n) is 5.21. The normalized spacial score (nSPS) is 29.0. The van der Waals surface area contributed by atoms with Crippen molar-refractivity contribution in [3.63, 3.8) is 0 Å². The van der Waals surface area contributed by atoms with Crippen molar-refractivity contribution in [1.29, 1.82) is 0 Å². The van der Waals surface area contributed by atoms with Crippen molar-refractivity contribution in [3.05, 3.63) is 0 Å². The van der Waals surface area contributed by atoms with Crippen LogP contribution in [0.15, 0.2) is 0 Å². The van der Waals surface area contributed by atoms with Crippen LogP contribution in [0.1, 0.15) is 26.2 Å². The second kappa shape index (κ2) is 5.15. The molecular formula is C12H23N3O. The molecule has 0 aliphatic carbocycles. The smallest absolute Gasteiger partial charge is 0.223 e. The topological polar surface area (TPSA) is 49.6 Å². The van der Waals surface area contributed by atoms with Gasteiger partial charge in [0.25, 0.3) is 0 Å². The third-order valence-corrected chi connectivity index (χ3v) is 3.83. The van der Waals surface area contributed by atoms with Crippen molar-refractivity contribution in [2.45, 2.75) is 32.2 Å². The lowest BCUT2D eigenvalue weighted by molar-refractivity contribution is -0.129. The summed E-state index contributed by atoms with van der Waals surface area (Å²) in [6, 6.07) is 0.349. The molecule has 2 fully saturated rings. The number of hydrogen-bond donors (Lipinski definition) is 1. The van der Waals surface area contributed by atoms with E-state index < -0.39 is 0 Å². The molecule has 2 saturated heterocycles. The van der Waals surface area contributed by atoms with E-state index in [9.17, 15) is 4.79 Å². The van der Waals surface area contributed by atoms with Crippen LogP contribution in [0, 0.1) is 5.92 Å². The molecule has 2 N–H and O–H groups in total. The van der Waals surface area contributed by atoms with Gasteiger partial charge in [-0.25, -0.2) is 0 Å². The average Bonchev–Trinajstić information content (AvgIpc) is 2.87. The molecule has 2 aliphatic rings. The maximum atomic E-state index is 11.8. The number of amides is 1. The maximum Gasteiger partial charge on any atom is 0.223 e. The van der Waals surface area contributed by atoms with Gasteiger partial charge in [0.15, 0.2) is 0 Å². The first kappa shape index (κ1) is 11.9. The first-order valence-electron chi connectivity index (χ1n) is 6.42. The number of nitrogens with zero attached hydrogens (tertiary/aromatic N) is 2. The predicted molar refractivity (Wildman–Crippen MR) is 64.0 cm³/mol. The number of hydrogen-bond acceptors (Lipinski definition) is 3. The summed E-state index contributed by atoms with van der Waals surface area (Å²) >= 11 is 0. The second-order valence-corrected chi connectivity index (χ2v) is 5.21. The molecular weight excluding hydrogens is 202 g/mol. The van der Waals surface area contributed by atoms with E-state index in [1.165, 1.54) is 25.9 Å². The van der Waals surface area contributed by atoms with Crippen LogP contribution in [0.4, 0.5) is 0 Å². The summed E-state index contributed by atoms with van der Waals surface area (Å²) in [7, 11) is 0. The summed E-state index contributed by atoms with van der Waals surface area (Å²) in [5.74, 6) is 0.677. The van der Waals surface area contributed by atoms with E-state index in [0.717, 1.165) is 13.1 Å². The van der Waals surface area contributed by atoms with Crippen molar-refractivity contribution >= 4 is 5.91 Å². The van der Waals surface area contributed by atoms with E-state index in [2.05, 4.69) is 11.8 Å². The highest BCUT2D eigenvalue weighted by atomic mass is 16.2. The Kier molecular flexibility index (Phi) is 3.82. The summed E-state index contributed by atoms with van der Waals surface area (Å²) in [5, 5.41) is 0. The van der Waals surface area contributed by atoms with Gasteiger partial charge in [-0.1, -0.05) is 0 Å². The van der Waals surface area contributed by atoms with Gasteiger partial charge in [0.2, 0.25) is 5.91 Å². The van der Waals surface area contributed by atoms with Crippen molar-refractivity contribution in [2.24, 2.45) is 11.7 Å². The summed E-state index contributed by atoms with van der Waals surface area (Å²) in [6.45, 7) is 7.10. The number of likely N-dealkylation sites (tertiary alicyclic amines) is 2. The zero-order valence-corrected chi connectivity index (χ0v) is 10.2. The van der Waals surface area contributed by atoms with Crippen LogP contribution in [0.5, 0.6) is 0 Å². The van der Waals surface area contributed by atoms with Gasteiger partial charge in [0.1, 0.15) is 0 Å². The Morgan fingerprint density at radius 3 is 2.69 bits per heavy atom. The average molecular weight is 225 g/mol. The van der Waals surface area contributed by atoms with Crippen LogP contribution in [-0.4, -0.2) is 54.5 Å². The SMILES string of the molecule is CC(CN1CCCC1)N1CC(CN)CC1=O. The molecule has 0 aromatic rings. The third kappa shape index (κ3) is 2.55. The highest BCUT2D eigenvalue weighted by Crippen LogP contribution is 2.20. The van der Waals surface area contributed by atoms with Crippen LogP contribution in [0.3, 0.4) is 0 Å². The van der Waals surface area contributed by atoms with Gasteiger partial charge in [0.05, 0.1) is 0 Å². The van der Waals surface area contributed by atoms with E-state index in [1.54, 1.807) is 0 Å². The number of carbonyl (C=O) groups is 1. The van der Waals surface area contributed by atoms with E-state index in [4.69, 9.17) is 5.73 Å². The largest absolute Gasteiger partial charge is 0.338 e. The first-order valence-corrected chi connectivity index (χ1v) is 6.42. The fraction of sp³-hybridized carbons (Fsp3) is 0.917. The fourth-order valence-corrected chi connectivity index (χ4v) is 2.83. The lowest BCUT2D eigenvalue weighted by Gasteiger charge is -2.28. The Morgan fingerprint density at radius 1 is 1.44 bits per heavy atom. The lowest BCUT2D eigenvalue weighted by Crippen LogP contribution is -2.42. The molecule has 16 heavy (non-hydrogen) atoms. The van der Waals surface area contributed by atoms with Gasteiger partial charge in [0, 0.05) is 25.6 Å². The lowest BCUT2D eigenvalue weighted by atomic mass is 10.1. The molecule has 4 heteroatoms. The van der Waals surface area contributed by atoms with E-state index in [-0.39, 0.29) is 0 Å². The predicted octanol–water partition coefficient (Wildman–Crippen LogP) is 0.278. The molecule has 1 amide bonds. The van der Waals surface area contributed by atoms with Gasteiger partial charge >= 0.3 is 0 Å². The van der Waals surface area contributed by atoms with Crippen LogP contribution >= 0.6 is 0 Å². The van der Waals surface area contributed by atoms with Crippen LogP contribution < -0.4 is 5.73 Å². The van der Waals surface area contributed by atoms with Crippen molar-refractivity contribution in [2.75, 3.05) is 32.7 Å². The molecule has 0 saturated carbocycles. The number of rotatable bonds is 4. The zero-order chi connectivity index (χ0) is 11.5. The number of nitrogens with two attached hydrogens (primary N) is 1. The standard InChI is InChI=1S/C12H23N3O/c1-10(8-14-4-2-3-5-14)15-9-11(7-13)6-12(15)16/h10-11H,2-9,13H2,1H3. The van der Waals surface area contributed by atoms with Gasteiger partial charge < -0.3 is 15.5 Å². The third-order valence-electron chi connectivity index (χ3n) is 3.83. The van der Waals surface area contributed by atoms with Crippen molar-refractivity contribution < 1.29 is 4.79 Å². The highest BCUT2D eigenvalue weighted by molar-refractivity contribution is 5.79. The molecule has 0 aromatic carbocycles. The Bertz CT molecular complexity index is 251. The van der Waals surface area contributed by atoms with Gasteiger partial charge in [-0.3, -0.25) is 4.79 Å². The minimum Gasteiger partial charge on any atom is -0.338 e. The molecule has 2 atom stereocenters. The van der Waals surface area contributed by atoms with Crippen molar-refractivity contribution in [3.8, 4) is 0 Å². The van der Waals surface area contributed by atoms with E-state index in [0.29, 0.717) is 30.8 Å². The summed E-state index contributed by atoms with van der Waals surface area (Å²) in [5.41, 5.74) is 5.63. The molecule has 0 radical (unpaired) electrons. The molecule has 4 nitrogen and oxygen atoms in total. The Balaban J connectivity index is 1.84. The highest BCUT2D eigenvalue weighted by Gasteiger charge is 2.32. The molecule has 0 spiro atoms. The molecule has 2 rings (SSSR count). The minimum absolute atomic E-state index is 0.294. The Morgan fingerprint density at radius 2 is 2.12 bits per heavy atom. The van der Waals surface area contributed by atoms with Crippen LogP contribution in [-0.2, 0) is 4.79 Å². The Hall–Kier alpha value is -0.610. The molecule has 0 aromatic heterocycles. The first-order chi connectivity index (χ1) is 7.70. The summed E-state index contributed by atoms with van der Waals surface area (Å²) in [4.78, 5) is 16.3. The van der Waals surface area contributed by atoms with Crippen LogP contribution in [0.2, 0.25) is 0 Å². The molecule has 2 heterocycles. The van der Waals surface area contributed by atoms with E-state index >= 15 is 0 Å². The molecule has 2 unspecified atom stereocenters. The van der Waals surface area contributed by atoms with Crippen molar-refractivity contribution in [1.82, 2.24) is 9.80 Å². The van der Waals surface area contributed by atoms with Crippen LogP contribution in [0.25, 0.3) is 0 Å².